The molecule has 4 aromatic rings. The minimum absolute atomic E-state index is 0.892. The second-order valence-electron chi connectivity index (χ2n) is 9.42. The first-order chi connectivity index (χ1) is 19.2. The number of rotatable bonds is 0. The van der Waals surface area contributed by atoms with Crippen molar-refractivity contribution in [2.45, 2.75) is 0 Å². The minimum atomic E-state index is 0.892. The highest BCUT2D eigenvalue weighted by Crippen LogP contribution is 2.16. The lowest BCUT2D eigenvalue weighted by molar-refractivity contribution is 1.30. The van der Waals surface area contributed by atoms with Crippen molar-refractivity contribution in [3.05, 3.63) is 125 Å². The second-order valence-corrected chi connectivity index (χ2v) is 9.42. The number of hydrogen-bond acceptors (Lipinski definition) is 3. The summed E-state index contributed by atoms with van der Waals surface area (Å²) in [7, 11) is 0. The Balaban J connectivity index is 1.37. The normalized spacial score (nSPS) is 12.3. The van der Waals surface area contributed by atoms with E-state index in [0.717, 1.165) is 67.3 Å². The molecule has 3 aliphatic rings. The quantitative estimate of drug-likeness (QED) is 0.197. The molecule has 3 N–H and O–H groups in total. The summed E-state index contributed by atoms with van der Waals surface area (Å²) < 4.78 is 0. The molecule has 0 unspecified atom stereocenters. The summed E-state index contributed by atoms with van der Waals surface area (Å²) in [6.07, 6.45) is 12.1. The molecule has 186 valence electrons. The Hall–Kier alpha value is -5.49. The molecule has 6 heteroatoms. The van der Waals surface area contributed by atoms with Gasteiger partial charge in [-0.25, -0.2) is 15.0 Å². The largest absolute Gasteiger partial charge is 0.355 e. The van der Waals surface area contributed by atoms with Crippen LogP contribution in [0.25, 0.3) is 69.6 Å². The van der Waals surface area contributed by atoms with Crippen LogP contribution in [0.1, 0.15) is 34.2 Å². The third-order valence-corrected chi connectivity index (χ3v) is 6.45. The third-order valence-electron chi connectivity index (χ3n) is 6.45. The van der Waals surface area contributed by atoms with Crippen LogP contribution in [0, 0.1) is 0 Å². The van der Waals surface area contributed by atoms with Gasteiger partial charge < -0.3 is 15.0 Å². The predicted octanol–water partition coefficient (Wildman–Crippen LogP) is 7.83. The fourth-order valence-electron chi connectivity index (χ4n) is 4.54. The van der Waals surface area contributed by atoms with Crippen molar-refractivity contribution in [2.24, 2.45) is 0 Å². The van der Waals surface area contributed by atoms with Gasteiger partial charge >= 0.3 is 0 Å². The molecule has 0 saturated carbocycles. The van der Waals surface area contributed by atoms with E-state index in [0.29, 0.717) is 0 Å². The van der Waals surface area contributed by atoms with E-state index < -0.39 is 0 Å². The molecule has 0 saturated heterocycles. The highest BCUT2D eigenvalue weighted by atomic mass is 14.8. The zero-order valence-electron chi connectivity index (χ0n) is 21.0. The molecule has 6 nitrogen and oxygen atoms in total. The summed E-state index contributed by atoms with van der Waals surface area (Å²) in [5.74, 6) is 0. The van der Waals surface area contributed by atoms with Crippen molar-refractivity contribution in [2.75, 3.05) is 0 Å². The van der Waals surface area contributed by atoms with Crippen LogP contribution in [0.5, 0.6) is 0 Å². The van der Waals surface area contributed by atoms with E-state index in [2.05, 4.69) is 51.4 Å². The first-order valence-corrected chi connectivity index (χ1v) is 12.8. The van der Waals surface area contributed by atoms with E-state index in [1.807, 2.05) is 91.1 Å². The molecule has 39 heavy (non-hydrogen) atoms. The van der Waals surface area contributed by atoms with Crippen molar-refractivity contribution in [3.63, 3.8) is 0 Å². The summed E-state index contributed by atoms with van der Waals surface area (Å²) in [5, 5.41) is 0. The molecule has 12 bridgehead atoms. The Kier molecular flexibility index (Phi) is 5.68. The van der Waals surface area contributed by atoms with Gasteiger partial charge in [-0.3, -0.25) is 0 Å². The molecular formula is C33H24N6. The molecule has 4 aromatic heterocycles. The number of hydrogen-bond donors (Lipinski definition) is 3. The summed E-state index contributed by atoms with van der Waals surface area (Å²) in [6, 6.07) is 30.6. The van der Waals surface area contributed by atoms with E-state index in [-0.39, 0.29) is 0 Å². The lowest BCUT2D eigenvalue weighted by Gasteiger charge is -1.84. The zero-order valence-corrected chi connectivity index (χ0v) is 21.0. The van der Waals surface area contributed by atoms with E-state index in [1.165, 1.54) is 0 Å². The van der Waals surface area contributed by atoms with Gasteiger partial charge in [0.2, 0.25) is 0 Å². The van der Waals surface area contributed by atoms with E-state index in [9.17, 15) is 0 Å². The number of nitrogens with zero attached hydrogens (tertiary/aromatic N) is 3. The fraction of sp³-hybridized carbons (Fsp3) is 0. The van der Waals surface area contributed by atoms with Gasteiger partial charge in [0.05, 0.1) is 34.2 Å². The van der Waals surface area contributed by atoms with Gasteiger partial charge in [0.1, 0.15) is 0 Å². The average molecular weight is 505 g/mol. The number of aromatic nitrogens is 6. The standard InChI is InChI=1S/C33H24N6/c1-2-23-8-14-29(35-23)20-31-16-10-25(37-31)5-6-27-12-18-33(39-27)21-32-17-11-26(38-32)4-3-24-9-15-30(36-24)19-28-13-7-22(1)34-28/h1-21,34-35,38H. The third kappa shape index (κ3) is 5.31. The van der Waals surface area contributed by atoms with Gasteiger partial charge in [-0.15, -0.1) is 0 Å². The summed E-state index contributed by atoms with van der Waals surface area (Å²) in [6.45, 7) is 0. The molecular weight excluding hydrogens is 480 g/mol. The summed E-state index contributed by atoms with van der Waals surface area (Å²) in [4.78, 5) is 24.4. The van der Waals surface area contributed by atoms with Gasteiger partial charge in [0.25, 0.3) is 0 Å². The van der Waals surface area contributed by atoms with Crippen LogP contribution in [0.3, 0.4) is 0 Å². The molecule has 0 aromatic carbocycles. The SMILES string of the molecule is C1=Cc2cc3ccc(ccc4nc(cc5ccc(ccc6ccc(cc7nc(ccc1n2)C=C7)[nH]6)[nH]5)C=C4)[nH]3. The monoisotopic (exact) mass is 504 g/mol. The van der Waals surface area contributed by atoms with Gasteiger partial charge in [0.15, 0.2) is 0 Å². The Bertz CT molecular complexity index is 2030. The van der Waals surface area contributed by atoms with Crippen LogP contribution < -0.4 is 0 Å². The molecule has 7 heterocycles. The van der Waals surface area contributed by atoms with Crippen molar-refractivity contribution >= 4 is 69.6 Å². The molecule has 0 fully saturated rings. The van der Waals surface area contributed by atoms with E-state index in [1.54, 1.807) is 0 Å². The topological polar surface area (TPSA) is 86.0 Å². The summed E-state index contributed by atoms with van der Waals surface area (Å²) >= 11 is 0. The minimum Gasteiger partial charge on any atom is -0.355 e. The van der Waals surface area contributed by atoms with Gasteiger partial charge in [-0.05, 0) is 127 Å². The van der Waals surface area contributed by atoms with Crippen LogP contribution >= 0.6 is 0 Å². The van der Waals surface area contributed by atoms with Gasteiger partial charge in [0, 0.05) is 33.1 Å². The number of aromatic amines is 3. The predicted molar refractivity (Wildman–Crippen MR) is 162 cm³/mol. The first-order valence-electron chi connectivity index (χ1n) is 12.8. The maximum atomic E-state index is 4.72. The first kappa shape index (κ1) is 22.7. The maximum absolute atomic E-state index is 4.72. The number of H-pyrrole nitrogens is 3. The van der Waals surface area contributed by atoms with Crippen molar-refractivity contribution < 1.29 is 0 Å². The van der Waals surface area contributed by atoms with Crippen LogP contribution in [-0.2, 0) is 0 Å². The second kappa shape index (κ2) is 9.76. The molecule has 0 radical (unpaired) electrons. The van der Waals surface area contributed by atoms with Crippen LogP contribution in [0.4, 0.5) is 0 Å². The molecule has 0 spiro atoms. The Morgan fingerprint density at radius 2 is 0.538 bits per heavy atom. The maximum Gasteiger partial charge on any atom is 0.0658 e. The van der Waals surface area contributed by atoms with E-state index in [4.69, 9.17) is 15.0 Å². The van der Waals surface area contributed by atoms with Crippen molar-refractivity contribution in [1.82, 2.24) is 29.9 Å². The Morgan fingerprint density at radius 3 is 0.897 bits per heavy atom. The van der Waals surface area contributed by atoms with Gasteiger partial charge in [-0.2, -0.15) is 0 Å². The van der Waals surface area contributed by atoms with E-state index >= 15 is 0 Å². The average Bonchev–Trinajstić information content (AvgIpc) is 3.77. The van der Waals surface area contributed by atoms with Crippen LogP contribution in [-0.4, -0.2) is 29.9 Å². The summed E-state index contributed by atoms with van der Waals surface area (Å²) in [5.41, 5.74) is 11.4. The lowest BCUT2D eigenvalue weighted by Crippen LogP contribution is -1.75. The zero-order chi connectivity index (χ0) is 26.0. The number of fused-ring (bicyclic) bond motifs is 12. The fourth-order valence-corrected chi connectivity index (χ4v) is 4.54. The Labute approximate surface area is 224 Å². The molecule has 3 aliphatic heterocycles. The molecule has 0 amide bonds. The highest BCUT2D eigenvalue weighted by Gasteiger charge is 2.00. The van der Waals surface area contributed by atoms with Gasteiger partial charge in [-0.1, -0.05) is 0 Å². The smallest absolute Gasteiger partial charge is 0.0658 e. The number of nitrogens with one attached hydrogen (secondary N) is 3. The highest BCUT2D eigenvalue weighted by molar-refractivity contribution is 5.76. The molecule has 0 aliphatic carbocycles. The van der Waals surface area contributed by atoms with Crippen molar-refractivity contribution in [3.8, 4) is 0 Å². The molecule has 0 atom stereocenters. The van der Waals surface area contributed by atoms with Crippen LogP contribution in [0.2, 0.25) is 0 Å². The Morgan fingerprint density at radius 1 is 0.282 bits per heavy atom. The lowest BCUT2D eigenvalue weighted by atomic mass is 10.3. The van der Waals surface area contributed by atoms with Crippen LogP contribution in [0.15, 0.2) is 91.0 Å². The molecule has 7 rings (SSSR count). The van der Waals surface area contributed by atoms with Crippen molar-refractivity contribution in [1.29, 1.82) is 0 Å².